The largest absolute Gasteiger partial charge is 0.342 e. The molecular formula is C13H24N2O. The Labute approximate surface area is 98.6 Å². The van der Waals surface area contributed by atoms with Gasteiger partial charge in [0.25, 0.3) is 0 Å². The molecule has 1 aliphatic carbocycles. The molecule has 0 aromatic heterocycles. The van der Waals surface area contributed by atoms with Crippen molar-refractivity contribution in [3.63, 3.8) is 0 Å². The molecule has 0 unspecified atom stereocenters. The number of hydrogen-bond donors (Lipinski definition) is 1. The Kier molecular flexibility index (Phi) is 3.24. The lowest BCUT2D eigenvalue weighted by molar-refractivity contribution is -0.138. The highest BCUT2D eigenvalue weighted by Crippen LogP contribution is 2.48. The molecular weight excluding hydrogens is 200 g/mol. The summed E-state index contributed by atoms with van der Waals surface area (Å²) in [7, 11) is 2.05. The number of rotatable bonds is 2. The van der Waals surface area contributed by atoms with Crippen molar-refractivity contribution in [2.75, 3.05) is 20.1 Å². The Morgan fingerprint density at radius 1 is 1.31 bits per heavy atom. The van der Waals surface area contributed by atoms with Crippen LogP contribution >= 0.6 is 0 Å². The summed E-state index contributed by atoms with van der Waals surface area (Å²) >= 11 is 0. The van der Waals surface area contributed by atoms with Gasteiger partial charge in [0, 0.05) is 25.0 Å². The van der Waals surface area contributed by atoms with Crippen LogP contribution < -0.4 is 5.32 Å². The Balaban J connectivity index is 1.82. The Bertz CT molecular complexity index is 259. The van der Waals surface area contributed by atoms with E-state index in [1.165, 1.54) is 25.7 Å². The van der Waals surface area contributed by atoms with E-state index in [4.69, 9.17) is 0 Å². The van der Waals surface area contributed by atoms with E-state index < -0.39 is 0 Å². The summed E-state index contributed by atoms with van der Waals surface area (Å²) in [5, 5.41) is 3.34. The lowest BCUT2D eigenvalue weighted by atomic mass is 9.60. The van der Waals surface area contributed by atoms with Gasteiger partial charge in [-0.15, -0.1) is 0 Å². The average molecular weight is 224 g/mol. The standard InChI is InChI=1S/C13H24N2O/c1-10(2)12(16)15-6-4-13(5-7-15)8-11(9-13)14-3/h10-11,14H,4-9H2,1-3H3. The van der Waals surface area contributed by atoms with Gasteiger partial charge in [-0.3, -0.25) is 4.79 Å². The molecule has 1 amide bonds. The summed E-state index contributed by atoms with van der Waals surface area (Å²) < 4.78 is 0. The quantitative estimate of drug-likeness (QED) is 0.773. The molecule has 1 N–H and O–H groups in total. The second-order valence-electron chi connectivity index (χ2n) is 5.87. The van der Waals surface area contributed by atoms with E-state index >= 15 is 0 Å². The van der Waals surface area contributed by atoms with Crippen molar-refractivity contribution >= 4 is 5.91 Å². The highest BCUT2D eigenvalue weighted by Gasteiger charge is 2.45. The van der Waals surface area contributed by atoms with Crippen molar-refractivity contribution in [1.29, 1.82) is 0 Å². The summed E-state index contributed by atoms with van der Waals surface area (Å²) in [6, 6.07) is 0.729. The smallest absolute Gasteiger partial charge is 0.225 e. The molecule has 2 fully saturated rings. The topological polar surface area (TPSA) is 32.3 Å². The molecule has 2 aliphatic rings. The molecule has 92 valence electrons. The molecule has 1 heterocycles. The van der Waals surface area contributed by atoms with Crippen LogP contribution in [0.1, 0.15) is 39.5 Å². The third-order valence-electron chi connectivity index (χ3n) is 4.40. The summed E-state index contributed by atoms with van der Waals surface area (Å²) in [6.45, 7) is 5.95. The van der Waals surface area contributed by atoms with Gasteiger partial charge in [-0.05, 0) is 38.1 Å². The molecule has 0 radical (unpaired) electrons. The second-order valence-corrected chi connectivity index (χ2v) is 5.87. The maximum atomic E-state index is 11.8. The number of hydrogen-bond acceptors (Lipinski definition) is 2. The molecule has 1 saturated carbocycles. The van der Waals surface area contributed by atoms with E-state index in [9.17, 15) is 4.79 Å². The number of likely N-dealkylation sites (tertiary alicyclic amines) is 1. The average Bonchev–Trinajstić information content (AvgIpc) is 2.25. The van der Waals surface area contributed by atoms with E-state index in [1.54, 1.807) is 0 Å². The minimum absolute atomic E-state index is 0.153. The van der Waals surface area contributed by atoms with Gasteiger partial charge < -0.3 is 10.2 Å². The maximum absolute atomic E-state index is 11.8. The number of amides is 1. The molecule has 16 heavy (non-hydrogen) atoms. The summed E-state index contributed by atoms with van der Waals surface area (Å²) in [4.78, 5) is 13.9. The van der Waals surface area contributed by atoms with Crippen molar-refractivity contribution in [2.24, 2.45) is 11.3 Å². The molecule has 0 bridgehead atoms. The Morgan fingerprint density at radius 2 is 1.88 bits per heavy atom. The van der Waals surface area contributed by atoms with Crippen LogP contribution in [0.2, 0.25) is 0 Å². The minimum Gasteiger partial charge on any atom is -0.342 e. The zero-order chi connectivity index (χ0) is 11.8. The maximum Gasteiger partial charge on any atom is 0.225 e. The van der Waals surface area contributed by atoms with Crippen LogP contribution in [0.15, 0.2) is 0 Å². The van der Waals surface area contributed by atoms with E-state index in [1.807, 2.05) is 13.8 Å². The first-order valence-electron chi connectivity index (χ1n) is 6.52. The first-order valence-corrected chi connectivity index (χ1v) is 6.52. The number of carbonyl (C=O) groups excluding carboxylic acids is 1. The van der Waals surface area contributed by atoms with Crippen molar-refractivity contribution in [3.05, 3.63) is 0 Å². The zero-order valence-corrected chi connectivity index (χ0v) is 10.8. The molecule has 3 nitrogen and oxygen atoms in total. The molecule has 0 aromatic carbocycles. The fourth-order valence-electron chi connectivity index (χ4n) is 3.16. The lowest BCUT2D eigenvalue weighted by Crippen LogP contribution is -2.54. The normalized spacial score (nSPS) is 24.9. The predicted molar refractivity (Wildman–Crippen MR) is 65.2 cm³/mol. The molecule has 0 atom stereocenters. The van der Waals surface area contributed by atoms with E-state index in [-0.39, 0.29) is 5.92 Å². The zero-order valence-electron chi connectivity index (χ0n) is 10.8. The molecule has 1 aliphatic heterocycles. The Morgan fingerprint density at radius 3 is 2.31 bits per heavy atom. The number of nitrogens with zero attached hydrogens (tertiary/aromatic N) is 1. The SMILES string of the molecule is CNC1CC2(CCN(C(=O)C(C)C)CC2)C1. The van der Waals surface area contributed by atoms with E-state index in [0.717, 1.165) is 19.1 Å². The van der Waals surface area contributed by atoms with Crippen LogP contribution in [0.5, 0.6) is 0 Å². The van der Waals surface area contributed by atoms with Crippen molar-refractivity contribution < 1.29 is 4.79 Å². The molecule has 2 rings (SSSR count). The van der Waals surface area contributed by atoms with Gasteiger partial charge in [0.2, 0.25) is 5.91 Å². The minimum atomic E-state index is 0.153. The van der Waals surface area contributed by atoms with E-state index in [0.29, 0.717) is 11.3 Å². The van der Waals surface area contributed by atoms with Gasteiger partial charge in [0.1, 0.15) is 0 Å². The number of piperidine rings is 1. The monoisotopic (exact) mass is 224 g/mol. The van der Waals surface area contributed by atoms with Gasteiger partial charge in [-0.25, -0.2) is 0 Å². The molecule has 0 aromatic rings. The van der Waals surface area contributed by atoms with Gasteiger partial charge in [0.15, 0.2) is 0 Å². The van der Waals surface area contributed by atoms with Crippen LogP contribution in [0.25, 0.3) is 0 Å². The number of carbonyl (C=O) groups is 1. The summed E-state index contributed by atoms with van der Waals surface area (Å²) in [5.41, 5.74) is 0.571. The van der Waals surface area contributed by atoms with Crippen LogP contribution in [0, 0.1) is 11.3 Å². The highest BCUT2D eigenvalue weighted by atomic mass is 16.2. The fraction of sp³-hybridized carbons (Fsp3) is 0.923. The van der Waals surface area contributed by atoms with Crippen LogP contribution in [-0.2, 0) is 4.79 Å². The first kappa shape index (κ1) is 11.9. The van der Waals surface area contributed by atoms with Crippen LogP contribution in [-0.4, -0.2) is 37.0 Å². The van der Waals surface area contributed by atoms with Gasteiger partial charge in [-0.2, -0.15) is 0 Å². The molecule has 3 heteroatoms. The van der Waals surface area contributed by atoms with Crippen LogP contribution in [0.4, 0.5) is 0 Å². The first-order chi connectivity index (χ1) is 7.56. The number of nitrogens with one attached hydrogen (secondary N) is 1. The van der Waals surface area contributed by atoms with Gasteiger partial charge in [0.05, 0.1) is 0 Å². The molecule has 1 saturated heterocycles. The Hall–Kier alpha value is -0.570. The predicted octanol–water partition coefficient (Wildman–Crippen LogP) is 1.63. The third-order valence-corrected chi connectivity index (χ3v) is 4.40. The second kappa shape index (κ2) is 4.36. The van der Waals surface area contributed by atoms with Crippen molar-refractivity contribution in [2.45, 2.75) is 45.6 Å². The third kappa shape index (κ3) is 2.10. The highest BCUT2D eigenvalue weighted by molar-refractivity contribution is 5.78. The van der Waals surface area contributed by atoms with Crippen molar-refractivity contribution in [1.82, 2.24) is 10.2 Å². The lowest BCUT2D eigenvalue weighted by Gasteiger charge is -2.52. The van der Waals surface area contributed by atoms with Gasteiger partial charge in [-0.1, -0.05) is 13.8 Å². The summed E-state index contributed by atoms with van der Waals surface area (Å²) in [5.74, 6) is 0.486. The molecule has 1 spiro atoms. The van der Waals surface area contributed by atoms with Gasteiger partial charge >= 0.3 is 0 Å². The van der Waals surface area contributed by atoms with E-state index in [2.05, 4.69) is 17.3 Å². The van der Waals surface area contributed by atoms with Crippen molar-refractivity contribution in [3.8, 4) is 0 Å². The summed E-state index contributed by atoms with van der Waals surface area (Å²) in [6.07, 6.45) is 5.05. The fourth-order valence-corrected chi connectivity index (χ4v) is 3.16. The van der Waals surface area contributed by atoms with Crippen LogP contribution in [0.3, 0.4) is 0 Å².